The summed E-state index contributed by atoms with van der Waals surface area (Å²) in [6, 6.07) is 9.20. The number of nitrogens with zero attached hydrogens (tertiary/aromatic N) is 4. The largest absolute Gasteiger partial charge is 0.514 e. The van der Waals surface area contributed by atoms with Crippen LogP contribution in [0.5, 0.6) is 23.1 Å². The molecule has 10 nitrogen and oxygen atoms in total. The van der Waals surface area contributed by atoms with E-state index in [0.29, 0.717) is 23.1 Å². The van der Waals surface area contributed by atoms with E-state index in [-0.39, 0.29) is 13.2 Å². The van der Waals surface area contributed by atoms with Gasteiger partial charge in [-0.05, 0) is 55.3 Å². The number of rotatable bonds is 5. The molecule has 0 amide bonds. The van der Waals surface area contributed by atoms with Gasteiger partial charge in [-0.2, -0.15) is 0 Å². The molecule has 11 heteroatoms. The summed E-state index contributed by atoms with van der Waals surface area (Å²) < 4.78 is 28.7. The van der Waals surface area contributed by atoms with Crippen molar-refractivity contribution in [2.24, 2.45) is 0 Å². The Balaban J connectivity index is 1.26. The number of fused-ring (bicyclic) bond motifs is 4. The van der Waals surface area contributed by atoms with Crippen LogP contribution in [0.3, 0.4) is 0 Å². The van der Waals surface area contributed by atoms with Gasteiger partial charge in [0.15, 0.2) is 23.4 Å². The van der Waals surface area contributed by atoms with Gasteiger partial charge in [0.25, 0.3) is 0 Å². The first-order chi connectivity index (χ1) is 18.5. The van der Waals surface area contributed by atoms with E-state index in [9.17, 15) is 4.79 Å². The molecule has 2 aromatic carbocycles. The molecule has 0 N–H and O–H groups in total. The molecule has 1 atom stereocenters. The van der Waals surface area contributed by atoms with Crippen LogP contribution in [0, 0.1) is 13.8 Å². The highest BCUT2D eigenvalue weighted by Gasteiger charge is 2.28. The van der Waals surface area contributed by atoms with Crippen molar-refractivity contribution in [3.8, 4) is 33.7 Å². The number of pyridine rings is 1. The van der Waals surface area contributed by atoms with Gasteiger partial charge >= 0.3 is 6.16 Å². The fraction of sp³-hybridized carbons (Fsp3) is 0.222. The van der Waals surface area contributed by atoms with Gasteiger partial charge in [-0.15, -0.1) is 11.3 Å². The fourth-order valence-electron chi connectivity index (χ4n) is 4.20. The predicted molar refractivity (Wildman–Crippen MR) is 140 cm³/mol. The quantitative estimate of drug-likeness (QED) is 0.278. The first kappa shape index (κ1) is 23.9. The average molecular weight is 531 g/mol. The second kappa shape index (κ2) is 9.75. The molecule has 192 valence electrons. The number of carbonyl (C=O) groups is 1. The lowest BCUT2D eigenvalue weighted by molar-refractivity contribution is 0.0201. The Hall–Kier alpha value is -4.51. The van der Waals surface area contributed by atoms with Crippen LogP contribution in [-0.4, -0.2) is 52.5 Å². The molecule has 1 unspecified atom stereocenters. The smallest absolute Gasteiger partial charge is 0.484 e. The number of hydrogen-bond acceptors (Lipinski definition) is 11. The van der Waals surface area contributed by atoms with Crippen molar-refractivity contribution in [1.29, 1.82) is 0 Å². The van der Waals surface area contributed by atoms with Gasteiger partial charge in [0, 0.05) is 11.8 Å². The van der Waals surface area contributed by atoms with E-state index in [1.807, 2.05) is 26.0 Å². The fourth-order valence-corrected chi connectivity index (χ4v) is 5.35. The zero-order chi connectivity index (χ0) is 26.2. The number of benzene rings is 2. The molecule has 38 heavy (non-hydrogen) atoms. The molecule has 5 aromatic rings. The Kier molecular flexibility index (Phi) is 6.12. The number of hydrogen-bond donors (Lipinski definition) is 0. The van der Waals surface area contributed by atoms with Crippen LogP contribution in [0.4, 0.5) is 4.79 Å². The van der Waals surface area contributed by atoms with Crippen molar-refractivity contribution in [2.45, 2.75) is 20.0 Å². The minimum Gasteiger partial charge on any atom is -0.484 e. The van der Waals surface area contributed by atoms with Crippen LogP contribution in [0.25, 0.3) is 31.8 Å². The monoisotopic (exact) mass is 530 g/mol. The topological polar surface area (TPSA) is 115 Å². The van der Waals surface area contributed by atoms with E-state index in [2.05, 4.69) is 21.0 Å². The Morgan fingerprint density at radius 3 is 2.87 bits per heavy atom. The predicted octanol–water partition coefficient (Wildman–Crippen LogP) is 5.28. The average Bonchev–Trinajstić information content (AvgIpc) is 3.38. The van der Waals surface area contributed by atoms with E-state index in [1.165, 1.54) is 17.5 Å². The van der Waals surface area contributed by atoms with Gasteiger partial charge in [0.2, 0.25) is 5.88 Å². The third-order valence-corrected chi connectivity index (χ3v) is 7.00. The van der Waals surface area contributed by atoms with Crippen molar-refractivity contribution in [3.63, 3.8) is 0 Å². The summed E-state index contributed by atoms with van der Waals surface area (Å²) in [6.07, 6.45) is 3.30. The Bertz CT molecular complexity index is 1670. The summed E-state index contributed by atoms with van der Waals surface area (Å²) in [7, 11) is 1.57. The SMILES string of the molecule is COc1cnc2c(-c3nc4c(C)cc5c(c4s3)OCC(COC(=O)Oc3cccnc3)O5)cc(C)cc2n1. The van der Waals surface area contributed by atoms with E-state index >= 15 is 0 Å². The van der Waals surface area contributed by atoms with E-state index in [4.69, 9.17) is 28.7 Å². The Morgan fingerprint density at radius 2 is 2.05 bits per heavy atom. The van der Waals surface area contributed by atoms with E-state index in [1.54, 1.807) is 31.6 Å². The van der Waals surface area contributed by atoms with Gasteiger partial charge in [0.05, 0.1) is 36.1 Å². The molecular formula is C27H22N4O6S. The highest BCUT2D eigenvalue weighted by atomic mass is 32.1. The summed E-state index contributed by atoms with van der Waals surface area (Å²) in [5.74, 6) is 1.95. The maximum absolute atomic E-state index is 12.0. The van der Waals surface area contributed by atoms with Gasteiger partial charge < -0.3 is 23.7 Å². The molecule has 0 aliphatic carbocycles. The molecule has 0 radical (unpaired) electrons. The third kappa shape index (κ3) is 4.52. The molecule has 0 spiro atoms. The highest BCUT2D eigenvalue weighted by molar-refractivity contribution is 7.22. The lowest BCUT2D eigenvalue weighted by atomic mass is 10.1. The van der Waals surface area contributed by atoms with Crippen LogP contribution in [0.15, 0.2) is 48.9 Å². The first-order valence-corrected chi connectivity index (χ1v) is 12.6. The number of carbonyl (C=O) groups excluding carboxylic acids is 1. The summed E-state index contributed by atoms with van der Waals surface area (Å²) in [6.45, 7) is 4.16. The number of ether oxygens (including phenoxy) is 5. The van der Waals surface area contributed by atoms with Gasteiger partial charge in [-0.25, -0.2) is 19.7 Å². The molecule has 0 fully saturated rings. The van der Waals surface area contributed by atoms with Crippen LogP contribution in [0.2, 0.25) is 0 Å². The van der Waals surface area contributed by atoms with E-state index in [0.717, 1.165) is 42.9 Å². The van der Waals surface area contributed by atoms with Crippen molar-refractivity contribution >= 4 is 38.7 Å². The van der Waals surface area contributed by atoms with Gasteiger partial charge in [-0.3, -0.25) is 4.98 Å². The van der Waals surface area contributed by atoms with Gasteiger partial charge in [0.1, 0.15) is 22.9 Å². The normalized spacial score (nSPS) is 14.4. The number of methoxy groups -OCH3 is 1. The van der Waals surface area contributed by atoms with Crippen LogP contribution in [0.1, 0.15) is 11.1 Å². The summed E-state index contributed by atoms with van der Waals surface area (Å²) >= 11 is 1.51. The van der Waals surface area contributed by atoms with Gasteiger partial charge in [-0.1, -0.05) is 0 Å². The Morgan fingerprint density at radius 1 is 1.16 bits per heavy atom. The van der Waals surface area contributed by atoms with Crippen LogP contribution < -0.4 is 18.9 Å². The molecule has 4 heterocycles. The highest BCUT2D eigenvalue weighted by Crippen LogP contribution is 2.46. The van der Waals surface area contributed by atoms with Crippen molar-refractivity contribution in [2.75, 3.05) is 20.3 Å². The summed E-state index contributed by atoms with van der Waals surface area (Å²) in [5, 5.41) is 0.803. The molecule has 0 saturated carbocycles. The number of thiazole rings is 1. The molecule has 0 saturated heterocycles. The van der Waals surface area contributed by atoms with Crippen molar-refractivity contribution in [3.05, 3.63) is 60.0 Å². The maximum atomic E-state index is 12.0. The van der Waals surface area contributed by atoms with Crippen LogP contribution >= 0.6 is 11.3 Å². The summed E-state index contributed by atoms with van der Waals surface area (Å²) in [4.78, 5) is 30.0. The minimum absolute atomic E-state index is 0.0268. The van der Waals surface area contributed by atoms with Crippen molar-refractivity contribution in [1.82, 2.24) is 19.9 Å². The first-order valence-electron chi connectivity index (χ1n) is 11.8. The lowest BCUT2D eigenvalue weighted by Crippen LogP contribution is -2.34. The Labute approximate surface area is 221 Å². The molecular weight excluding hydrogens is 508 g/mol. The minimum atomic E-state index is -0.836. The van der Waals surface area contributed by atoms with Crippen LogP contribution in [-0.2, 0) is 4.74 Å². The molecule has 1 aliphatic heterocycles. The number of aromatic nitrogens is 4. The third-order valence-electron chi connectivity index (χ3n) is 5.92. The van der Waals surface area contributed by atoms with E-state index < -0.39 is 12.3 Å². The summed E-state index contributed by atoms with van der Waals surface area (Å²) in [5.41, 5.74) is 5.18. The molecule has 6 rings (SSSR count). The zero-order valence-electron chi connectivity index (χ0n) is 20.8. The molecule has 1 aliphatic rings. The number of aryl methyl sites for hydroxylation is 2. The second-order valence-corrected chi connectivity index (χ2v) is 9.71. The lowest BCUT2D eigenvalue weighted by Gasteiger charge is -2.26. The molecule has 3 aromatic heterocycles. The molecule has 0 bridgehead atoms. The standard InChI is InChI=1S/C27H22N4O6S/c1-14-7-18(23-19(8-14)30-21(33-3)11-29-23)26-31-22-15(2)9-20-24(25(22)38-26)34-12-17(36-20)13-35-27(32)37-16-5-4-6-28-10-16/h4-11,17H,12-13H2,1-3H3. The van der Waals surface area contributed by atoms with Crippen molar-refractivity contribution < 1.29 is 28.5 Å². The zero-order valence-corrected chi connectivity index (χ0v) is 21.6. The second-order valence-electron chi connectivity index (χ2n) is 8.71. The maximum Gasteiger partial charge on any atom is 0.514 e.